The minimum atomic E-state index is 0. The molecule has 0 spiro atoms. The summed E-state index contributed by atoms with van der Waals surface area (Å²) in [5.41, 5.74) is 3.63. The summed E-state index contributed by atoms with van der Waals surface area (Å²) >= 11 is 0. The van der Waals surface area contributed by atoms with Crippen LogP contribution in [0.4, 0.5) is 0 Å². The van der Waals surface area contributed by atoms with Gasteiger partial charge in [-0.25, -0.2) is 0 Å². The van der Waals surface area contributed by atoms with Gasteiger partial charge < -0.3 is 22.9 Å². The van der Waals surface area contributed by atoms with Crippen LogP contribution in [0.2, 0.25) is 0 Å². The first-order valence-electron chi connectivity index (χ1n) is 5.78. The molecular formula is C11H26ClNO. The average Bonchev–Trinajstić information content (AvgIpc) is 2.16. The van der Waals surface area contributed by atoms with Crippen LogP contribution in [0.15, 0.2) is 0 Å². The number of unbranched alkanes of at least 4 members (excludes halogenated alkanes) is 7. The lowest BCUT2D eigenvalue weighted by atomic mass is 10.1. The van der Waals surface area contributed by atoms with E-state index < -0.39 is 0 Å². The Bertz CT molecular complexity index is 81.4. The van der Waals surface area contributed by atoms with E-state index >= 15 is 0 Å². The summed E-state index contributed by atoms with van der Waals surface area (Å²) in [5, 5.41) is 0. The molecule has 0 aromatic carbocycles. The van der Waals surface area contributed by atoms with Crippen molar-refractivity contribution in [3.63, 3.8) is 0 Å². The highest BCUT2D eigenvalue weighted by Crippen LogP contribution is 2.07. The Kier molecular flexibility index (Phi) is 18.6. The van der Waals surface area contributed by atoms with Crippen molar-refractivity contribution in [3.8, 4) is 0 Å². The van der Waals surface area contributed by atoms with Gasteiger partial charge in [0.05, 0.1) is 6.61 Å². The first kappa shape index (κ1) is 16.6. The van der Waals surface area contributed by atoms with Gasteiger partial charge in [0, 0.05) is 0 Å². The van der Waals surface area contributed by atoms with Crippen LogP contribution >= 0.6 is 0 Å². The van der Waals surface area contributed by atoms with E-state index in [0.717, 1.165) is 6.61 Å². The molecule has 3 N–H and O–H groups in total. The molecule has 0 rings (SSSR count). The minimum absolute atomic E-state index is 0. The molecule has 0 saturated heterocycles. The number of halogens is 1. The normalized spacial score (nSPS) is 9.86. The van der Waals surface area contributed by atoms with Gasteiger partial charge in [-0.3, -0.25) is 0 Å². The second kappa shape index (κ2) is 15.7. The molecule has 0 aromatic heterocycles. The van der Waals surface area contributed by atoms with Crippen LogP contribution in [-0.2, 0) is 4.74 Å². The molecule has 0 radical (unpaired) electrons. The lowest BCUT2D eigenvalue weighted by Gasteiger charge is -2.00. The Morgan fingerprint density at radius 3 is 1.86 bits per heavy atom. The Hall–Kier alpha value is 0.210. The van der Waals surface area contributed by atoms with Crippen molar-refractivity contribution in [1.29, 1.82) is 0 Å². The Labute approximate surface area is 95.0 Å². The smallest absolute Gasteiger partial charge is 0.178 e. The van der Waals surface area contributed by atoms with Gasteiger partial charge in [-0.05, 0) is 6.42 Å². The van der Waals surface area contributed by atoms with Crippen molar-refractivity contribution >= 4 is 0 Å². The molecule has 0 saturated carbocycles. The molecule has 0 aromatic rings. The lowest BCUT2D eigenvalue weighted by Crippen LogP contribution is -3.00. The molecule has 2 nitrogen and oxygen atoms in total. The third-order valence-corrected chi connectivity index (χ3v) is 2.29. The van der Waals surface area contributed by atoms with Crippen LogP contribution in [0, 0.1) is 0 Å². The monoisotopic (exact) mass is 223 g/mol. The van der Waals surface area contributed by atoms with Crippen LogP contribution in [0.25, 0.3) is 0 Å². The highest BCUT2D eigenvalue weighted by atomic mass is 35.5. The van der Waals surface area contributed by atoms with Crippen molar-refractivity contribution in [1.82, 2.24) is 0 Å². The third kappa shape index (κ3) is 14.7. The fourth-order valence-electron chi connectivity index (χ4n) is 1.44. The highest BCUT2D eigenvalue weighted by Gasteiger charge is 1.91. The first-order valence-corrected chi connectivity index (χ1v) is 5.78. The van der Waals surface area contributed by atoms with Crippen molar-refractivity contribution in [2.24, 2.45) is 0 Å². The standard InChI is InChI=1S/C11H25NO.ClH/c1-2-3-4-5-6-7-8-9-10-13-11-12;/h2-12H2,1H3;1H. The zero-order valence-corrected chi connectivity index (χ0v) is 10.3. The average molecular weight is 224 g/mol. The third-order valence-electron chi connectivity index (χ3n) is 2.29. The summed E-state index contributed by atoms with van der Waals surface area (Å²) in [4.78, 5) is 0. The van der Waals surface area contributed by atoms with Gasteiger partial charge in [-0.1, -0.05) is 51.9 Å². The summed E-state index contributed by atoms with van der Waals surface area (Å²) in [7, 11) is 0. The summed E-state index contributed by atoms with van der Waals surface area (Å²) < 4.78 is 5.17. The van der Waals surface area contributed by atoms with E-state index in [4.69, 9.17) is 4.74 Å². The van der Waals surface area contributed by atoms with Gasteiger partial charge in [-0.2, -0.15) is 0 Å². The molecule has 0 bridgehead atoms. The molecule has 0 unspecified atom stereocenters. The van der Waals surface area contributed by atoms with Crippen molar-refractivity contribution in [2.45, 2.75) is 58.3 Å². The molecule has 14 heavy (non-hydrogen) atoms. The van der Waals surface area contributed by atoms with Crippen LogP contribution in [0.1, 0.15) is 58.3 Å². The van der Waals surface area contributed by atoms with Crippen LogP contribution in [0.5, 0.6) is 0 Å². The maximum atomic E-state index is 5.17. The molecule has 0 amide bonds. The van der Waals surface area contributed by atoms with Crippen LogP contribution in [-0.4, -0.2) is 13.3 Å². The van der Waals surface area contributed by atoms with Crippen molar-refractivity contribution < 1.29 is 22.9 Å². The quantitative estimate of drug-likeness (QED) is 0.388. The number of ether oxygens (including phenoxy) is 1. The van der Waals surface area contributed by atoms with E-state index in [1.807, 2.05) is 0 Å². The Balaban J connectivity index is 0. The van der Waals surface area contributed by atoms with E-state index in [1.54, 1.807) is 0 Å². The fourth-order valence-corrected chi connectivity index (χ4v) is 1.44. The van der Waals surface area contributed by atoms with E-state index in [9.17, 15) is 0 Å². The molecule has 0 aliphatic heterocycles. The van der Waals surface area contributed by atoms with Gasteiger partial charge in [0.1, 0.15) is 0 Å². The maximum absolute atomic E-state index is 5.17. The fraction of sp³-hybridized carbons (Fsp3) is 1.00. The molecule has 0 aliphatic carbocycles. The molecule has 0 fully saturated rings. The van der Waals surface area contributed by atoms with Gasteiger partial charge in [0.2, 0.25) is 0 Å². The molecule has 88 valence electrons. The number of hydrogen-bond donors (Lipinski definition) is 1. The molecular weight excluding hydrogens is 198 g/mol. The summed E-state index contributed by atoms with van der Waals surface area (Å²) in [5.74, 6) is 0. The van der Waals surface area contributed by atoms with Crippen LogP contribution < -0.4 is 18.1 Å². The summed E-state index contributed by atoms with van der Waals surface area (Å²) in [6.07, 6.45) is 10.9. The van der Waals surface area contributed by atoms with Gasteiger partial charge in [0.25, 0.3) is 0 Å². The zero-order valence-electron chi connectivity index (χ0n) is 9.56. The maximum Gasteiger partial charge on any atom is 0.178 e. The summed E-state index contributed by atoms with van der Waals surface area (Å²) in [6.45, 7) is 3.78. The van der Waals surface area contributed by atoms with E-state index in [2.05, 4.69) is 12.7 Å². The predicted octanol–water partition coefficient (Wildman–Crippen LogP) is -0.653. The Morgan fingerprint density at radius 2 is 1.36 bits per heavy atom. The molecule has 3 heteroatoms. The van der Waals surface area contributed by atoms with Gasteiger partial charge in [0.15, 0.2) is 6.73 Å². The zero-order chi connectivity index (χ0) is 9.78. The number of hydrogen-bond acceptors (Lipinski definition) is 1. The van der Waals surface area contributed by atoms with Gasteiger partial charge >= 0.3 is 0 Å². The van der Waals surface area contributed by atoms with E-state index in [-0.39, 0.29) is 12.4 Å². The second-order valence-corrected chi connectivity index (χ2v) is 3.59. The van der Waals surface area contributed by atoms with Crippen molar-refractivity contribution in [3.05, 3.63) is 0 Å². The number of rotatable bonds is 10. The van der Waals surface area contributed by atoms with Crippen LogP contribution in [0.3, 0.4) is 0 Å². The topological polar surface area (TPSA) is 36.9 Å². The lowest BCUT2D eigenvalue weighted by molar-refractivity contribution is -0.431. The van der Waals surface area contributed by atoms with E-state index in [0.29, 0.717) is 6.73 Å². The SMILES string of the molecule is CCCCCCCCCCOC[NH3+].[Cl-]. The Morgan fingerprint density at radius 1 is 0.857 bits per heavy atom. The molecule has 0 heterocycles. The highest BCUT2D eigenvalue weighted by molar-refractivity contribution is 4.45. The summed E-state index contributed by atoms with van der Waals surface area (Å²) in [6, 6.07) is 0. The molecule has 0 atom stereocenters. The first-order chi connectivity index (χ1) is 6.41. The van der Waals surface area contributed by atoms with Crippen molar-refractivity contribution in [2.75, 3.05) is 13.3 Å². The minimum Gasteiger partial charge on any atom is -1.00 e. The molecule has 0 aliphatic rings. The van der Waals surface area contributed by atoms with E-state index in [1.165, 1.54) is 51.4 Å². The second-order valence-electron chi connectivity index (χ2n) is 3.59. The predicted molar refractivity (Wildman–Crippen MR) is 56.3 cm³/mol. The largest absolute Gasteiger partial charge is 1.00 e. The van der Waals surface area contributed by atoms with Gasteiger partial charge in [-0.15, -0.1) is 0 Å². The number of quaternary nitrogens is 1.